The van der Waals surface area contributed by atoms with E-state index in [1.807, 2.05) is 30.3 Å². The molecule has 0 aliphatic heterocycles. The van der Waals surface area contributed by atoms with E-state index < -0.39 is 0 Å². The summed E-state index contributed by atoms with van der Waals surface area (Å²) in [5, 5.41) is 6.87. The molecule has 1 heterocycles. The molecule has 0 saturated carbocycles. The zero-order valence-electron chi connectivity index (χ0n) is 16.6. The molecule has 32 heavy (non-hydrogen) atoms. The average Bonchev–Trinajstić information content (AvgIpc) is 2.79. The molecule has 0 unspecified atom stereocenters. The summed E-state index contributed by atoms with van der Waals surface area (Å²) in [6, 6.07) is 22.0. The van der Waals surface area contributed by atoms with Crippen LogP contribution in [-0.4, -0.2) is 22.4 Å². The molecule has 0 aliphatic carbocycles. The molecule has 1 amide bonds. The van der Waals surface area contributed by atoms with Gasteiger partial charge in [0.1, 0.15) is 5.82 Å². The Morgan fingerprint density at radius 2 is 1.28 bits per heavy atom. The molecule has 0 radical (unpaired) electrons. The number of carbonyl (C=O) groups excluding carboxylic acids is 1. The van der Waals surface area contributed by atoms with Crippen molar-refractivity contribution in [2.45, 2.75) is 0 Å². The largest absolute Gasteiger partial charge is 0.376 e. The highest BCUT2D eigenvalue weighted by Crippen LogP contribution is 2.27. The molecule has 4 rings (SSSR count). The number of nitrogens with zero attached hydrogens (tertiary/aromatic N) is 2. The predicted molar refractivity (Wildman–Crippen MR) is 126 cm³/mol. The van der Waals surface area contributed by atoms with Gasteiger partial charge in [-0.15, -0.1) is 0 Å². The third kappa shape index (κ3) is 5.60. The highest BCUT2D eigenvalue weighted by Gasteiger charge is 2.12. The fraction of sp³-hybridized carbons (Fsp3) is 0.0417. The number of hydrogen-bond acceptors (Lipinski definition) is 4. The Morgan fingerprint density at radius 3 is 1.78 bits per heavy atom. The number of nitrogens with one attached hydrogen (secondary N) is 2. The second-order valence-corrected chi connectivity index (χ2v) is 7.76. The van der Waals surface area contributed by atoms with Crippen molar-refractivity contribution in [1.82, 2.24) is 9.97 Å². The lowest BCUT2D eigenvalue weighted by Crippen LogP contribution is -2.23. The normalized spacial score (nSPS) is 10.6. The van der Waals surface area contributed by atoms with E-state index in [1.165, 1.54) is 12.1 Å². The Kier molecular flexibility index (Phi) is 6.63. The number of aromatic nitrogens is 2. The van der Waals surface area contributed by atoms with Crippen LogP contribution in [0.4, 0.5) is 16.0 Å². The summed E-state index contributed by atoms with van der Waals surface area (Å²) < 4.78 is 13.0. The maximum Gasteiger partial charge on any atom is 0.246 e. The van der Waals surface area contributed by atoms with Crippen LogP contribution in [0.5, 0.6) is 0 Å². The van der Waals surface area contributed by atoms with Crippen molar-refractivity contribution in [3.8, 4) is 22.5 Å². The van der Waals surface area contributed by atoms with E-state index >= 15 is 0 Å². The summed E-state index contributed by atoms with van der Waals surface area (Å²) in [6.45, 7) is -0.0313. The van der Waals surface area contributed by atoms with E-state index in [2.05, 4.69) is 20.6 Å². The third-order valence-electron chi connectivity index (χ3n) is 4.55. The van der Waals surface area contributed by atoms with Crippen molar-refractivity contribution in [1.29, 1.82) is 0 Å². The van der Waals surface area contributed by atoms with E-state index in [-0.39, 0.29) is 24.2 Å². The van der Waals surface area contributed by atoms with Crippen molar-refractivity contribution >= 4 is 40.7 Å². The molecule has 5 nitrogen and oxygen atoms in total. The van der Waals surface area contributed by atoms with Gasteiger partial charge in [-0.2, -0.15) is 0 Å². The minimum atomic E-state index is -0.345. The van der Waals surface area contributed by atoms with Crippen LogP contribution in [0, 0.1) is 5.82 Å². The molecule has 0 fully saturated rings. The van der Waals surface area contributed by atoms with E-state index in [1.54, 1.807) is 36.4 Å². The Balaban J connectivity index is 1.59. The summed E-state index contributed by atoms with van der Waals surface area (Å²) in [5.41, 5.74) is 3.53. The Hall–Kier alpha value is -3.48. The van der Waals surface area contributed by atoms with E-state index in [4.69, 9.17) is 23.2 Å². The topological polar surface area (TPSA) is 66.9 Å². The first-order valence-electron chi connectivity index (χ1n) is 9.66. The van der Waals surface area contributed by atoms with Gasteiger partial charge < -0.3 is 5.32 Å². The van der Waals surface area contributed by atoms with Gasteiger partial charge in [0.15, 0.2) is 0 Å². The van der Waals surface area contributed by atoms with Crippen LogP contribution in [-0.2, 0) is 4.79 Å². The van der Waals surface area contributed by atoms with Gasteiger partial charge in [-0.05, 0) is 54.6 Å². The van der Waals surface area contributed by atoms with E-state index in [9.17, 15) is 9.18 Å². The van der Waals surface area contributed by atoms with Crippen molar-refractivity contribution in [3.05, 3.63) is 94.7 Å². The number of halogens is 3. The molecule has 3 aromatic carbocycles. The molecule has 0 spiro atoms. The maximum absolute atomic E-state index is 13.0. The quantitative estimate of drug-likeness (QED) is 0.349. The molecule has 2 N–H and O–H groups in total. The maximum atomic E-state index is 13.0. The Morgan fingerprint density at radius 1 is 0.781 bits per heavy atom. The summed E-state index contributed by atoms with van der Waals surface area (Å²) in [6.07, 6.45) is 0. The molecule has 0 atom stereocenters. The molecular formula is C24H17Cl2FN4O. The number of carbonyl (C=O) groups is 1. The molecule has 1 aromatic heterocycles. The number of benzene rings is 3. The molecular weight excluding hydrogens is 450 g/mol. The summed E-state index contributed by atoms with van der Waals surface area (Å²) in [5.74, 6) is -0.528. The number of anilines is 2. The van der Waals surface area contributed by atoms with Gasteiger partial charge in [0, 0.05) is 26.9 Å². The van der Waals surface area contributed by atoms with Crippen LogP contribution in [0.25, 0.3) is 22.5 Å². The highest BCUT2D eigenvalue weighted by atomic mass is 35.5. The van der Waals surface area contributed by atoms with Gasteiger partial charge in [-0.25, -0.2) is 14.4 Å². The Bertz CT molecular complexity index is 1170. The van der Waals surface area contributed by atoms with Crippen LogP contribution in [0.3, 0.4) is 0 Å². The van der Waals surface area contributed by atoms with Crippen molar-refractivity contribution in [2.75, 3.05) is 17.2 Å². The Labute approximate surface area is 194 Å². The lowest BCUT2D eigenvalue weighted by atomic mass is 10.1. The third-order valence-corrected chi connectivity index (χ3v) is 5.06. The van der Waals surface area contributed by atoms with Crippen LogP contribution in [0.2, 0.25) is 10.0 Å². The first kappa shape index (κ1) is 21.7. The van der Waals surface area contributed by atoms with Gasteiger partial charge in [-0.3, -0.25) is 10.1 Å². The van der Waals surface area contributed by atoms with Crippen molar-refractivity contribution < 1.29 is 9.18 Å². The zero-order valence-corrected chi connectivity index (χ0v) is 18.2. The molecule has 160 valence electrons. The van der Waals surface area contributed by atoms with Gasteiger partial charge >= 0.3 is 0 Å². The summed E-state index contributed by atoms with van der Waals surface area (Å²) in [4.78, 5) is 21.5. The van der Waals surface area contributed by atoms with Gasteiger partial charge in [0.05, 0.1) is 17.9 Å². The number of amides is 1. The van der Waals surface area contributed by atoms with E-state index in [0.29, 0.717) is 27.1 Å². The second-order valence-electron chi connectivity index (χ2n) is 6.88. The molecule has 0 bridgehead atoms. The zero-order chi connectivity index (χ0) is 22.5. The lowest BCUT2D eigenvalue weighted by Gasteiger charge is -2.11. The predicted octanol–water partition coefficient (Wildman–Crippen LogP) is 6.31. The number of rotatable bonds is 6. The monoisotopic (exact) mass is 466 g/mol. The van der Waals surface area contributed by atoms with Gasteiger partial charge in [0.25, 0.3) is 0 Å². The van der Waals surface area contributed by atoms with Gasteiger partial charge in [0.2, 0.25) is 11.9 Å². The molecule has 0 saturated heterocycles. The van der Waals surface area contributed by atoms with Crippen molar-refractivity contribution in [3.63, 3.8) is 0 Å². The molecule has 8 heteroatoms. The van der Waals surface area contributed by atoms with Crippen LogP contribution in [0.15, 0.2) is 78.9 Å². The fourth-order valence-electron chi connectivity index (χ4n) is 2.96. The summed E-state index contributed by atoms with van der Waals surface area (Å²) >= 11 is 12.0. The first-order valence-corrected chi connectivity index (χ1v) is 10.4. The molecule has 4 aromatic rings. The van der Waals surface area contributed by atoms with Gasteiger partial charge in [-0.1, -0.05) is 47.5 Å². The number of hydrogen-bond donors (Lipinski definition) is 2. The smallest absolute Gasteiger partial charge is 0.246 e. The standard InChI is InChI=1S/C24H17Cl2FN4O/c25-17-5-1-15(2-6-17)21-13-22(16-3-7-18(26)8-4-16)30-24(29-21)31-23(32)14-28-20-11-9-19(27)10-12-20/h1-13,28H,14H2,(H,29,30,31,32). The minimum absolute atomic E-state index is 0.0313. The first-order chi connectivity index (χ1) is 15.5. The minimum Gasteiger partial charge on any atom is -0.376 e. The van der Waals surface area contributed by atoms with Crippen LogP contribution >= 0.6 is 23.2 Å². The molecule has 0 aliphatic rings. The lowest BCUT2D eigenvalue weighted by molar-refractivity contribution is -0.114. The average molecular weight is 467 g/mol. The highest BCUT2D eigenvalue weighted by molar-refractivity contribution is 6.30. The SMILES string of the molecule is O=C(CNc1ccc(F)cc1)Nc1nc(-c2ccc(Cl)cc2)cc(-c2ccc(Cl)cc2)n1. The van der Waals surface area contributed by atoms with Crippen molar-refractivity contribution in [2.24, 2.45) is 0 Å². The van der Waals surface area contributed by atoms with Crippen LogP contribution < -0.4 is 10.6 Å². The van der Waals surface area contributed by atoms with Crippen LogP contribution in [0.1, 0.15) is 0 Å². The summed E-state index contributed by atoms with van der Waals surface area (Å²) in [7, 11) is 0. The fourth-order valence-corrected chi connectivity index (χ4v) is 3.21. The van der Waals surface area contributed by atoms with E-state index in [0.717, 1.165) is 11.1 Å². The second kappa shape index (κ2) is 9.77.